The molecule has 2 rings (SSSR count). The van der Waals surface area contributed by atoms with E-state index in [1.807, 2.05) is 0 Å². The van der Waals surface area contributed by atoms with E-state index < -0.39 is 10.0 Å². The summed E-state index contributed by atoms with van der Waals surface area (Å²) in [7, 11) is -3.61. The van der Waals surface area contributed by atoms with Gasteiger partial charge in [-0.05, 0) is 31.2 Å². The van der Waals surface area contributed by atoms with Crippen LogP contribution in [0.15, 0.2) is 34.5 Å². The normalized spacial score (nSPS) is 10.7. The van der Waals surface area contributed by atoms with Crippen LogP contribution in [0.5, 0.6) is 0 Å². The molecule has 2 aromatic rings. The molecule has 0 unspecified atom stereocenters. The van der Waals surface area contributed by atoms with E-state index in [0.29, 0.717) is 5.13 Å². The lowest BCUT2D eigenvalue weighted by molar-refractivity contribution is 0.601. The van der Waals surface area contributed by atoms with E-state index in [9.17, 15) is 8.42 Å². The van der Waals surface area contributed by atoms with Gasteiger partial charge in [-0.25, -0.2) is 13.4 Å². The lowest BCUT2D eigenvalue weighted by Crippen LogP contribution is -2.12. The number of hydrogen-bond acceptors (Lipinski definition) is 5. The third kappa shape index (κ3) is 3.57. The fraction of sp³-hybridized carbons (Fsp3) is 0.154. The van der Waals surface area contributed by atoms with Gasteiger partial charge in [0.1, 0.15) is 0 Å². The molecule has 0 aliphatic heterocycles. The van der Waals surface area contributed by atoms with E-state index >= 15 is 0 Å². The summed E-state index contributed by atoms with van der Waals surface area (Å²) in [5.41, 5.74) is 6.78. The van der Waals surface area contributed by atoms with Crippen LogP contribution in [0.3, 0.4) is 0 Å². The Bertz CT molecular complexity index is 753. The predicted molar refractivity (Wildman–Crippen MR) is 80.0 cm³/mol. The zero-order chi connectivity index (χ0) is 14.6. The highest BCUT2D eigenvalue weighted by Crippen LogP contribution is 2.19. The smallest absolute Gasteiger partial charge is 0.263 e. The molecule has 0 spiro atoms. The van der Waals surface area contributed by atoms with Crippen molar-refractivity contribution in [1.29, 1.82) is 0 Å². The van der Waals surface area contributed by atoms with E-state index in [4.69, 9.17) is 5.73 Å². The van der Waals surface area contributed by atoms with Gasteiger partial charge in [-0.3, -0.25) is 4.72 Å². The molecule has 0 aliphatic rings. The highest BCUT2D eigenvalue weighted by atomic mass is 32.2. The monoisotopic (exact) mass is 307 g/mol. The first-order valence-electron chi connectivity index (χ1n) is 5.75. The van der Waals surface area contributed by atoms with Crippen molar-refractivity contribution in [3.8, 4) is 11.8 Å². The van der Waals surface area contributed by atoms with Crippen molar-refractivity contribution in [3.63, 3.8) is 0 Å². The van der Waals surface area contributed by atoms with Gasteiger partial charge in [0.15, 0.2) is 5.13 Å². The van der Waals surface area contributed by atoms with Crippen LogP contribution in [0.1, 0.15) is 11.3 Å². The number of nitrogens with two attached hydrogens (primary N) is 1. The van der Waals surface area contributed by atoms with E-state index in [1.54, 1.807) is 24.4 Å². The molecule has 20 heavy (non-hydrogen) atoms. The standard InChI is InChI=1S/C13H13N3O2S2/c1-10-9-19-13(15-10)16-20(17,18)12-6-4-11(5-7-12)3-2-8-14/h4-7,9H,8,14H2,1H3,(H,15,16). The number of sulfonamides is 1. The van der Waals surface area contributed by atoms with Crippen LogP contribution in [0.25, 0.3) is 0 Å². The Morgan fingerprint density at radius 3 is 2.60 bits per heavy atom. The molecule has 1 heterocycles. The highest BCUT2D eigenvalue weighted by Gasteiger charge is 2.15. The Kier molecular flexibility index (Phi) is 4.39. The van der Waals surface area contributed by atoms with Gasteiger partial charge in [-0.15, -0.1) is 11.3 Å². The predicted octanol–water partition coefficient (Wildman–Crippen LogP) is 1.56. The largest absolute Gasteiger partial charge is 0.320 e. The molecule has 1 aromatic heterocycles. The van der Waals surface area contributed by atoms with Crippen LogP contribution in [0.2, 0.25) is 0 Å². The van der Waals surface area contributed by atoms with Gasteiger partial charge < -0.3 is 5.73 Å². The molecule has 0 fully saturated rings. The summed E-state index contributed by atoms with van der Waals surface area (Å²) < 4.78 is 26.7. The van der Waals surface area contributed by atoms with E-state index in [-0.39, 0.29) is 11.4 Å². The van der Waals surface area contributed by atoms with Gasteiger partial charge in [0, 0.05) is 10.9 Å². The van der Waals surface area contributed by atoms with Crippen molar-refractivity contribution < 1.29 is 8.42 Å². The van der Waals surface area contributed by atoms with Gasteiger partial charge in [0.05, 0.1) is 17.1 Å². The molecule has 0 saturated carbocycles. The van der Waals surface area contributed by atoms with Gasteiger partial charge in [0.2, 0.25) is 0 Å². The Morgan fingerprint density at radius 2 is 2.05 bits per heavy atom. The van der Waals surface area contributed by atoms with Crippen molar-refractivity contribution in [1.82, 2.24) is 4.98 Å². The minimum Gasteiger partial charge on any atom is -0.320 e. The second kappa shape index (κ2) is 6.05. The number of thiazole rings is 1. The highest BCUT2D eigenvalue weighted by molar-refractivity contribution is 7.93. The summed E-state index contributed by atoms with van der Waals surface area (Å²) in [6, 6.07) is 6.29. The number of nitrogens with zero attached hydrogens (tertiary/aromatic N) is 1. The maximum absolute atomic E-state index is 12.1. The lowest BCUT2D eigenvalue weighted by Gasteiger charge is -2.04. The Morgan fingerprint density at radius 1 is 1.35 bits per heavy atom. The fourth-order valence-electron chi connectivity index (χ4n) is 1.45. The minimum absolute atomic E-state index is 0.170. The van der Waals surface area contributed by atoms with Gasteiger partial charge >= 0.3 is 0 Å². The molecular formula is C13H13N3O2S2. The molecular weight excluding hydrogens is 294 g/mol. The second-order valence-corrected chi connectivity index (χ2v) is 6.47. The summed E-state index contributed by atoms with van der Waals surface area (Å²) >= 11 is 1.25. The number of aryl methyl sites for hydroxylation is 1. The van der Waals surface area contributed by atoms with Gasteiger partial charge in [-0.1, -0.05) is 11.8 Å². The maximum Gasteiger partial charge on any atom is 0.263 e. The summed E-state index contributed by atoms with van der Waals surface area (Å²) in [5, 5.41) is 2.14. The number of benzene rings is 1. The Hall–Kier alpha value is -1.88. The van der Waals surface area contributed by atoms with E-state index in [2.05, 4.69) is 21.5 Å². The van der Waals surface area contributed by atoms with Crippen molar-refractivity contribution >= 4 is 26.5 Å². The molecule has 0 saturated heterocycles. The summed E-state index contributed by atoms with van der Waals surface area (Å²) in [4.78, 5) is 4.24. The topological polar surface area (TPSA) is 85.1 Å². The van der Waals surface area contributed by atoms with Crippen LogP contribution in [0.4, 0.5) is 5.13 Å². The Balaban J connectivity index is 2.21. The molecule has 0 bridgehead atoms. The number of nitrogens with one attached hydrogen (secondary N) is 1. The molecule has 104 valence electrons. The quantitative estimate of drug-likeness (QED) is 0.843. The summed E-state index contributed by atoms with van der Waals surface area (Å²) in [6.07, 6.45) is 0. The number of hydrogen-bond donors (Lipinski definition) is 2. The molecule has 5 nitrogen and oxygen atoms in total. The zero-order valence-corrected chi connectivity index (χ0v) is 12.4. The Labute approximate surface area is 121 Å². The van der Waals surface area contributed by atoms with Crippen LogP contribution in [0, 0.1) is 18.8 Å². The second-order valence-electron chi connectivity index (χ2n) is 3.93. The first-order chi connectivity index (χ1) is 9.51. The van der Waals surface area contributed by atoms with Crippen LogP contribution >= 0.6 is 11.3 Å². The third-order valence-electron chi connectivity index (χ3n) is 2.34. The van der Waals surface area contributed by atoms with Crippen molar-refractivity contribution in [2.24, 2.45) is 5.73 Å². The zero-order valence-electron chi connectivity index (χ0n) is 10.8. The van der Waals surface area contributed by atoms with E-state index in [0.717, 1.165) is 11.3 Å². The first-order valence-corrected chi connectivity index (χ1v) is 8.11. The molecule has 0 atom stereocenters. The first kappa shape index (κ1) is 14.5. The van der Waals surface area contributed by atoms with Crippen LogP contribution in [-0.2, 0) is 10.0 Å². The maximum atomic E-state index is 12.1. The van der Waals surface area contributed by atoms with Gasteiger partial charge in [-0.2, -0.15) is 0 Å². The number of rotatable bonds is 3. The molecule has 7 heteroatoms. The number of aromatic nitrogens is 1. The molecule has 0 aliphatic carbocycles. The molecule has 0 amide bonds. The van der Waals surface area contributed by atoms with E-state index in [1.165, 1.54) is 23.5 Å². The van der Waals surface area contributed by atoms with Crippen LogP contribution in [-0.4, -0.2) is 19.9 Å². The van der Waals surface area contributed by atoms with Crippen molar-refractivity contribution in [2.45, 2.75) is 11.8 Å². The minimum atomic E-state index is -3.61. The molecule has 0 radical (unpaired) electrons. The summed E-state index contributed by atoms with van der Waals surface area (Å²) in [5.74, 6) is 5.55. The summed E-state index contributed by atoms with van der Waals surface area (Å²) in [6.45, 7) is 2.07. The molecule has 1 aromatic carbocycles. The lowest BCUT2D eigenvalue weighted by atomic mass is 10.2. The number of anilines is 1. The average molecular weight is 307 g/mol. The average Bonchev–Trinajstić information content (AvgIpc) is 2.81. The van der Waals surface area contributed by atoms with Crippen LogP contribution < -0.4 is 10.5 Å². The molecule has 3 N–H and O–H groups in total. The van der Waals surface area contributed by atoms with Gasteiger partial charge in [0.25, 0.3) is 10.0 Å². The SMILES string of the molecule is Cc1csc(NS(=O)(=O)c2ccc(C#CCN)cc2)n1. The van der Waals surface area contributed by atoms with Crippen molar-refractivity contribution in [2.75, 3.05) is 11.3 Å². The fourth-order valence-corrected chi connectivity index (χ4v) is 3.39. The van der Waals surface area contributed by atoms with Crippen molar-refractivity contribution in [3.05, 3.63) is 40.9 Å². The third-order valence-corrected chi connectivity index (χ3v) is 4.70.